The van der Waals surface area contributed by atoms with Crippen LogP contribution in [0.2, 0.25) is 0 Å². The minimum absolute atomic E-state index is 0.273. The molecule has 1 aliphatic rings. The number of para-hydroxylation sites is 1. The number of rotatable bonds is 6. The van der Waals surface area contributed by atoms with Gasteiger partial charge in [-0.05, 0) is 38.1 Å². The van der Waals surface area contributed by atoms with Gasteiger partial charge in [0, 0.05) is 20.1 Å². The highest BCUT2D eigenvalue weighted by atomic mass is 16.6. The Hall–Kier alpha value is -2.15. The summed E-state index contributed by atoms with van der Waals surface area (Å²) in [7, 11) is 1.75. The van der Waals surface area contributed by atoms with E-state index in [4.69, 9.17) is 5.11 Å². The first kappa shape index (κ1) is 15.2. The van der Waals surface area contributed by atoms with Gasteiger partial charge < -0.3 is 14.9 Å². The van der Waals surface area contributed by atoms with Gasteiger partial charge in [0.05, 0.1) is 4.92 Å². The monoisotopic (exact) mass is 293 g/mol. The maximum absolute atomic E-state index is 11.2. The van der Waals surface area contributed by atoms with Crippen LogP contribution >= 0.6 is 0 Å². The van der Waals surface area contributed by atoms with Gasteiger partial charge in [0.2, 0.25) is 0 Å². The maximum Gasteiger partial charge on any atom is 0.342 e. The van der Waals surface area contributed by atoms with E-state index < -0.39 is 10.9 Å². The van der Waals surface area contributed by atoms with Crippen molar-refractivity contribution in [3.63, 3.8) is 0 Å². The van der Waals surface area contributed by atoms with Gasteiger partial charge in [0.15, 0.2) is 0 Å². The van der Waals surface area contributed by atoms with Crippen LogP contribution in [-0.4, -0.2) is 54.1 Å². The molecule has 2 rings (SSSR count). The number of nitrogens with zero attached hydrogens (tertiary/aromatic N) is 3. The molecule has 0 radical (unpaired) electrons. The topological polar surface area (TPSA) is 86.9 Å². The number of likely N-dealkylation sites (tertiary alicyclic amines) is 1. The largest absolute Gasteiger partial charge is 0.477 e. The number of carboxylic acid groups (broad SMARTS) is 1. The molecule has 1 aliphatic heterocycles. The Morgan fingerprint density at radius 2 is 2.10 bits per heavy atom. The first-order valence-electron chi connectivity index (χ1n) is 6.95. The SMILES string of the molecule is CN(CCN1CCCC1)c1cccc(C(=O)O)c1[N+](=O)[O-]. The molecule has 0 atom stereocenters. The lowest BCUT2D eigenvalue weighted by Crippen LogP contribution is -2.31. The summed E-state index contributed by atoms with van der Waals surface area (Å²) < 4.78 is 0. The second-order valence-electron chi connectivity index (χ2n) is 5.21. The van der Waals surface area contributed by atoms with Crippen molar-refractivity contribution in [3.05, 3.63) is 33.9 Å². The summed E-state index contributed by atoms with van der Waals surface area (Å²) in [5, 5.41) is 20.3. The molecular formula is C14H19N3O4. The van der Waals surface area contributed by atoms with Crippen molar-refractivity contribution in [2.24, 2.45) is 0 Å². The first-order chi connectivity index (χ1) is 10.0. The smallest absolute Gasteiger partial charge is 0.342 e. The van der Waals surface area contributed by atoms with E-state index in [1.807, 2.05) is 0 Å². The number of carboxylic acids is 1. The van der Waals surface area contributed by atoms with E-state index in [-0.39, 0.29) is 11.3 Å². The summed E-state index contributed by atoms with van der Waals surface area (Å²) >= 11 is 0. The van der Waals surface area contributed by atoms with Gasteiger partial charge in [0.1, 0.15) is 11.3 Å². The molecule has 114 valence electrons. The van der Waals surface area contributed by atoms with Crippen molar-refractivity contribution in [1.82, 2.24) is 4.90 Å². The van der Waals surface area contributed by atoms with E-state index in [9.17, 15) is 14.9 Å². The summed E-state index contributed by atoms with van der Waals surface area (Å²) in [4.78, 5) is 25.8. The molecule has 0 spiro atoms. The molecular weight excluding hydrogens is 274 g/mol. The van der Waals surface area contributed by atoms with Gasteiger partial charge in [-0.1, -0.05) is 6.07 Å². The van der Waals surface area contributed by atoms with Crippen molar-refractivity contribution in [2.45, 2.75) is 12.8 Å². The molecule has 0 saturated carbocycles. The number of carbonyl (C=O) groups is 1. The molecule has 1 heterocycles. The summed E-state index contributed by atoms with van der Waals surface area (Å²) in [5.41, 5.74) is -0.265. The standard InChI is InChI=1S/C14H19N3O4/c1-15(9-10-16-7-2-3-8-16)12-6-4-5-11(14(18)19)13(12)17(20)21/h4-6H,2-3,7-10H2,1H3,(H,18,19). The summed E-state index contributed by atoms with van der Waals surface area (Å²) in [5.74, 6) is -1.28. The van der Waals surface area contributed by atoms with Crippen LogP contribution in [-0.2, 0) is 0 Å². The predicted molar refractivity (Wildman–Crippen MR) is 79.0 cm³/mol. The minimum atomic E-state index is -1.28. The van der Waals surface area contributed by atoms with E-state index in [1.54, 1.807) is 18.0 Å². The maximum atomic E-state index is 11.2. The lowest BCUT2D eigenvalue weighted by molar-refractivity contribution is -0.384. The Balaban J connectivity index is 2.19. The average Bonchev–Trinajstić information content (AvgIpc) is 2.97. The quantitative estimate of drug-likeness (QED) is 0.636. The van der Waals surface area contributed by atoms with E-state index in [1.165, 1.54) is 25.0 Å². The molecule has 1 aromatic rings. The summed E-state index contributed by atoms with van der Waals surface area (Å²) in [6.45, 7) is 3.57. The molecule has 0 amide bonds. The highest BCUT2D eigenvalue weighted by Crippen LogP contribution is 2.31. The van der Waals surface area contributed by atoms with E-state index in [0.29, 0.717) is 12.2 Å². The molecule has 7 heteroatoms. The van der Waals surface area contributed by atoms with Crippen LogP contribution in [0.15, 0.2) is 18.2 Å². The van der Waals surface area contributed by atoms with Crippen LogP contribution in [0.25, 0.3) is 0 Å². The number of aromatic carboxylic acids is 1. The fourth-order valence-electron chi connectivity index (χ4n) is 2.62. The molecule has 1 saturated heterocycles. The third-order valence-corrected chi connectivity index (χ3v) is 3.79. The highest BCUT2D eigenvalue weighted by Gasteiger charge is 2.26. The zero-order valence-electron chi connectivity index (χ0n) is 12.0. The number of nitro benzene ring substituents is 1. The Bertz CT molecular complexity index is 541. The van der Waals surface area contributed by atoms with Crippen LogP contribution in [0.4, 0.5) is 11.4 Å². The van der Waals surface area contributed by atoms with Crippen LogP contribution in [0.3, 0.4) is 0 Å². The minimum Gasteiger partial charge on any atom is -0.477 e. The van der Waals surface area contributed by atoms with Crippen LogP contribution in [0.5, 0.6) is 0 Å². The van der Waals surface area contributed by atoms with Gasteiger partial charge in [-0.3, -0.25) is 10.1 Å². The lowest BCUT2D eigenvalue weighted by Gasteiger charge is -2.23. The molecule has 7 nitrogen and oxygen atoms in total. The third-order valence-electron chi connectivity index (χ3n) is 3.79. The summed E-state index contributed by atoms with van der Waals surface area (Å²) in [6, 6.07) is 4.39. The highest BCUT2D eigenvalue weighted by molar-refractivity contribution is 5.95. The number of hydrogen-bond donors (Lipinski definition) is 1. The molecule has 21 heavy (non-hydrogen) atoms. The van der Waals surface area contributed by atoms with E-state index in [0.717, 1.165) is 19.6 Å². The molecule has 1 fully saturated rings. The van der Waals surface area contributed by atoms with Gasteiger partial charge in [-0.15, -0.1) is 0 Å². The number of hydrogen-bond acceptors (Lipinski definition) is 5. The van der Waals surface area contributed by atoms with Crippen LogP contribution in [0, 0.1) is 10.1 Å². The van der Waals surface area contributed by atoms with Crippen LogP contribution in [0.1, 0.15) is 23.2 Å². The number of likely N-dealkylation sites (N-methyl/N-ethyl adjacent to an activating group) is 1. The molecule has 0 aliphatic carbocycles. The van der Waals surface area contributed by atoms with Crippen molar-refractivity contribution < 1.29 is 14.8 Å². The van der Waals surface area contributed by atoms with Gasteiger partial charge in [0.25, 0.3) is 0 Å². The van der Waals surface area contributed by atoms with Crippen molar-refractivity contribution in [1.29, 1.82) is 0 Å². The number of benzene rings is 1. The first-order valence-corrected chi connectivity index (χ1v) is 6.95. The van der Waals surface area contributed by atoms with Crippen molar-refractivity contribution in [3.8, 4) is 0 Å². The van der Waals surface area contributed by atoms with Crippen molar-refractivity contribution in [2.75, 3.05) is 38.1 Å². The van der Waals surface area contributed by atoms with Gasteiger partial charge >= 0.3 is 11.7 Å². The molecule has 1 aromatic carbocycles. The number of nitro groups is 1. The number of anilines is 1. The molecule has 0 unspecified atom stereocenters. The fourth-order valence-corrected chi connectivity index (χ4v) is 2.62. The third kappa shape index (κ3) is 3.49. The van der Waals surface area contributed by atoms with Crippen molar-refractivity contribution >= 4 is 17.3 Å². The summed E-state index contributed by atoms with van der Waals surface area (Å²) in [6.07, 6.45) is 2.39. The average molecular weight is 293 g/mol. The van der Waals surface area contributed by atoms with Gasteiger partial charge in [-0.25, -0.2) is 4.79 Å². The van der Waals surface area contributed by atoms with Gasteiger partial charge in [-0.2, -0.15) is 0 Å². The van der Waals surface area contributed by atoms with Crippen LogP contribution < -0.4 is 4.90 Å². The molecule has 0 bridgehead atoms. The zero-order chi connectivity index (χ0) is 15.4. The molecule has 0 aromatic heterocycles. The Labute approximate surface area is 122 Å². The lowest BCUT2D eigenvalue weighted by atomic mass is 10.1. The Morgan fingerprint density at radius 3 is 2.67 bits per heavy atom. The van der Waals surface area contributed by atoms with E-state index >= 15 is 0 Å². The Kier molecular flexibility index (Phi) is 4.74. The normalized spacial score (nSPS) is 15.1. The fraction of sp³-hybridized carbons (Fsp3) is 0.500. The second kappa shape index (κ2) is 6.53. The predicted octanol–water partition coefficient (Wildman–Crippen LogP) is 1.82. The molecule has 1 N–H and O–H groups in total. The Morgan fingerprint density at radius 1 is 1.43 bits per heavy atom. The zero-order valence-corrected chi connectivity index (χ0v) is 12.0. The second-order valence-corrected chi connectivity index (χ2v) is 5.21. The van der Waals surface area contributed by atoms with E-state index in [2.05, 4.69) is 4.90 Å².